The number of hydrogen-bond acceptors (Lipinski definition) is 3. The molecule has 3 heteroatoms. The van der Waals surface area contributed by atoms with Gasteiger partial charge >= 0.3 is 0 Å². The Kier molecular flexibility index (Phi) is 5.63. The lowest BCUT2D eigenvalue weighted by Gasteiger charge is -2.30. The number of aliphatic hydroxyl groups excluding tert-OH is 1. The second-order valence-corrected chi connectivity index (χ2v) is 5.66. The molecule has 0 heterocycles. The monoisotopic (exact) mass is 251 g/mol. The number of benzene rings is 1. The maximum Gasteiger partial charge on any atom is 0.115 e. The molecule has 0 saturated carbocycles. The highest BCUT2D eigenvalue weighted by atomic mass is 16.3. The molecule has 3 N–H and O–H groups in total. The molecule has 0 fully saturated rings. The van der Waals surface area contributed by atoms with E-state index < -0.39 is 0 Å². The zero-order valence-electron chi connectivity index (χ0n) is 11.6. The van der Waals surface area contributed by atoms with Gasteiger partial charge < -0.3 is 15.5 Å². The van der Waals surface area contributed by atoms with Crippen LogP contribution in [0.25, 0.3) is 0 Å². The normalized spacial score (nSPS) is 14.7. The van der Waals surface area contributed by atoms with E-state index >= 15 is 0 Å². The third-order valence-electron chi connectivity index (χ3n) is 3.19. The van der Waals surface area contributed by atoms with Crippen LogP contribution in [-0.4, -0.2) is 28.9 Å². The van der Waals surface area contributed by atoms with Crippen molar-refractivity contribution in [1.29, 1.82) is 0 Å². The summed E-state index contributed by atoms with van der Waals surface area (Å²) in [5, 5.41) is 22.2. The van der Waals surface area contributed by atoms with Gasteiger partial charge in [0.15, 0.2) is 0 Å². The average Bonchev–Trinajstić information content (AvgIpc) is 2.36. The molecule has 0 bridgehead atoms. The van der Waals surface area contributed by atoms with E-state index in [1.54, 1.807) is 12.1 Å². The predicted octanol–water partition coefficient (Wildman–Crippen LogP) is 2.32. The summed E-state index contributed by atoms with van der Waals surface area (Å²) in [5.41, 5.74) is 0.945. The van der Waals surface area contributed by atoms with Crippen LogP contribution in [0.5, 0.6) is 5.75 Å². The van der Waals surface area contributed by atoms with E-state index in [0.29, 0.717) is 11.7 Å². The molecule has 1 rings (SSSR count). The van der Waals surface area contributed by atoms with Crippen molar-refractivity contribution in [1.82, 2.24) is 5.32 Å². The fourth-order valence-corrected chi connectivity index (χ4v) is 1.76. The van der Waals surface area contributed by atoms with Gasteiger partial charge in [-0.15, -0.1) is 0 Å². The number of hydrogen-bond donors (Lipinski definition) is 3. The Morgan fingerprint density at radius 3 is 2.33 bits per heavy atom. The summed E-state index contributed by atoms with van der Waals surface area (Å²) in [6.45, 7) is 7.41. The van der Waals surface area contributed by atoms with Crippen LogP contribution in [0.15, 0.2) is 24.3 Å². The zero-order chi connectivity index (χ0) is 13.6. The van der Waals surface area contributed by atoms with Crippen molar-refractivity contribution in [3.8, 4) is 5.75 Å². The van der Waals surface area contributed by atoms with Crippen LogP contribution in [0.4, 0.5) is 0 Å². The van der Waals surface area contributed by atoms with E-state index in [1.165, 1.54) is 5.56 Å². The molecule has 0 saturated heterocycles. The summed E-state index contributed by atoms with van der Waals surface area (Å²) in [7, 11) is 0. The highest BCUT2D eigenvalue weighted by Gasteiger charge is 2.22. The molecule has 0 aromatic heterocycles. The van der Waals surface area contributed by atoms with E-state index in [4.69, 9.17) is 0 Å². The molecule has 3 nitrogen and oxygen atoms in total. The minimum absolute atomic E-state index is 0.137. The van der Waals surface area contributed by atoms with Crippen molar-refractivity contribution in [3.05, 3.63) is 29.8 Å². The van der Waals surface area contributed by atoms with Gasteiger partial charge in [0.1, 0.15) is 5.75 Å². The second-order valence-electron chi connectivity index (χ2n) is 5.66. The minimum Gasteiger partial charge on any atom is -0.508 e. The van der Waals surface area contributed by atoms with E-state index in [0.717, 1.165) is 19.4 Å². The largest absolute Gasteiger partial charge is 0.508 e. The number of rotatable bonds is 7. The van der Waals surface area contributed by atoms with Gasteiger partial charge in [-0.3, -0.25) is 0 Å². The summed E-state index contributed by atoms with van der Waals surface area (Å²) in [6, 6.07) is 7.26. The summed E-state index contributed by atoms with van der Waals surface area (Å²) >= 11 is 0. The first kappa shape index (κ1) is 15.0. The van der Waals surface area contributed by atoms with E-state index in [-0.39, 0.29) is 12.1 Å². The molecule has 0 radical (unpaired) electrons. The minimum atomic E-state index is -0.234. The van der Waals surface area contributed by atoms with Gasteiger partial charge in [-0.25, -0.2) is 0 Å². The summed E-state index contributed by atoms with van der Waals surface area (Å²) in [5.74, 6) is 0.867. The fraction of sp³-hybridized carbons (Fsp3) is 0.600. The Morgan fingerprint density at radius 2 is 1.83 bits per heavy atom. The van der Waals surface area contributed by atoms with Crippen molar-refractivity contribution in [3.63, 3.8) is 0 Å². The number of phenolic OH excluding ortho intramolecular Hbond substituents is 1. The van der Waals surface area contributed by atoms with Crippen LogP contribution in [-0.2, 0) is 6.42 Å². The molecule has 1 aromatic rings. The maximum atomic E-state index is 9.52. The summed E-state index contributed by atoms with van der Waals surface area (Å²) < 4.78 is 0. The highest BCUT2D eigenvalue weighted by Crippen LogP contribution is 2.16. The Labute approximate surface area is 110 Å². The Morgan fingerprint density at radius 1 is 1.22 bits per heavy atom. The molecule has 0 aliphatic carbocycles. The molecule has 0 amide bonds. The Balaban J connectivity index is 2.49. The van der Waals surface area contributed by atoms with Crippen LogP contribution in [0, 0.1) is 5.92 Å². The first-order valence-corrected chi connectivity index (χ1v) is 6.59. The molecular formula is C15H25NO2. The fourth-order valence-electron chi connectivity index (χ4n) is 1.76. The lowest BCUT2D eigenvalue weighted by atomic mass is 9.93. The topological polar surface area (TPSA) is 52.5 Å². The quantitative estimate of drug-likeness (QED) is 0.697. The van der Waals surface area contributed by atoms with Gasteiger partial charge in [-0.1, -0.05) is 26.0 Å². The smallest absolute Gasteiger partial charge is 0.115 e. The van der Waals surface area contributed by atoms with Gasteiger partial charge in [-0.05, 0) is 49.9 Å². The average molecular weight is 251 g/mol. The lowest BCUT2D eigenvalue weighted by Crippen LogP contribution is -2.47. The van der Waals surface area contributed by atoms with Crippen LogP contribution in [0.2, 0.25) is 0 Å². The van der Waals surface area contributed by atoms with Crippen molar-refractivity contribution < 1.29 is 10.2 Å². The van der Waals surface area contributed by atoms with Crippen molar-refractivity contribution in [2.75, 3.05) is 13.2 Å². The third-order valence-corrected chi connectivity index (χ3v) is 3.19. The molecule has 102 valence electrons. The number of aliphatic hydroxyl groups is 1. The molecule has 1 atom stereocenters. The maximum absolute atomic E-state index is 9.52. The summed E-state index contributed by atoms with van der Waals surface area (Å²) in [6.07, 6.45) is 1.77. The van der Waals surface area contributed by atoms with Gasteiger partial charge in [0.2, 0.25) is 0 Å². The number of nitrogens with one attached hydrogen (secondary N) is 1. The van der Waals surface area contributed by atoms with Gasteiger partial charge in [0.05, 0.1) is 6.61 Å². The molecule has 0 aliphatic rings. The Bertz CT molecular complexity index is 348. The number of phenols is 1. The van der Waals surface area contributed by atoms with E-state index in [2.05, 4.69) is 26.1 Å². The molecular weight excluding hydrogens is 226 g/mol. The van der Waals surface area contributed by atoms with Crippen molar-refractivity contribution in [2.45, 2.75) is 39.2 Å². The standard InChI is InChI=1S/C15H25NO2/c1-12(2)10-16-15(3,11-17)9-8-13-4-6-14(18)7-5-13/h4-7,12,16-18H,8-11H2,1-3H3. The molecule has 0 spiro atoms. The first-order valence-electron chi connectivity index (χ1n) is 6.59. The SMILES string of the molecule is CC(C)CNC(C)(CO)CCc1ccc(O)cc1. The molecule has 0 aliphatic heterocycles. The number of aryl methyl sites for hydroxylation is 1. The predicted molar refractivity (Wildman–Crippen MR) is 74.8 cm³/mol. The third kappa shape index (κ3) is 5.07. The summed E-state index contributed by atoms with van der Waals surface area (Å²) in [4.78, 5) is 0. The lowest BCUT2D eigenvalue weighted by molar-refractivity contribution is 0.162. The molecule has 1 aromatic carbocycles. The van der Waals surface area contributed by atoms with E-state index in [9.17, 15) is 10.2 Å². The second kappa shape index (κ2) is 6.76. The highest BCUT2D eigenvalue weighted by molar-refractivity contribution is 5.26. The van der Waals surface area contributed by atoms with Crippen LogP contribution >= 0.6 is 0 Å². The zero-order valence-corrected chi connectivity index (χ0v) is 11.6. The van der Waals surface area contributed by atoms with Crippen molar-refractivity contribution >= 4 is 0 Å². The number of aromatic hydroxyl groups is 1. The van der Waals surface area contributed by atoms with Crippen molar-refractivity contribution in [2.24, 2.45) is 5.92 Å². The van der Waals surface area contributed by atoms with Crippen LogP contribution < -0.4 is 5.32 Å². The van der Waals surface area contributed by atoms with Crippen LogP contribution in [0.1, 0.15) is 32.8 Å². The van der Waals surface area contributed by atoms with Gasteiger partial charge in [0.25, 0.3) is 0 Å². The van der Waals surface area contributed by atoms with E-state index in [1.807, 2.05) is 12.1 Å². The first-order chi connectivity index (χ1) is 8.45. The van der Waals surface area contributed by atoms with Gasteiger partial charge in [-0.2, -0.15) is 0 Å². The molecule has 18 heavy (non-hydrogen) atoms. The van der Waals surface area contributed by atoms with Gasteiger partial charge in [0, 0.05) is 5.54 Å². The Hall–Kier alpha value is -1.06. The van der Waals surface area contributed by atoms with Crippen LogP contribution in [0.3, 0.4) is 0 Å². The molecule has 1 unspecified atom stereocenters.